The summed E-state index contributed by atoms with van der Waals surface area (Å²) in [5.41, 5.74) is 0.703. The van der Waals surface area contributed by atoms with Crippen LogP contribution in [0.1, 0.15) is 68.9 Å². The van der Waals surface area contributed by atoms with Crippen molar-refractivity contribution in [1.29, 1.82) is 0 Å². The van der Waals surface area contributed by atoms with E-state index in [2.05, 4.69) is 36.1 Å². The van der Waals surface area contributed by atoms with E-state index in [-0.39, 0.29) is 17.4 Å². The maximum Gasteiger partial charge on any atom is 0.254 e. The average Bonchev–Trinajstić information content (AvgIpc) is 2.48. The van der Waals surface area contributed by atoms with Gasteiger partial charge in [-0.2, -0.15) is 0 Å². The molecule has 4 aliphatic carbocycles. The van der Waals surface area contributed by atoms with Crippen molar-refractivity contribution in [1.82, 2.24) is 15.3 Å². The molecule has 4 saturated carbocycles. The molecule has 2 unspecified atom stereocenters. The Bertz CT molecular complexity index is 651. The van der Waals surface area contributed by atoms with E-state index in [1.54, 1.807) is 6.20 Å². The molecule has 5 rings (SSSR count). The smallest absolute Gasteiger partial charge is 0.254 e. The van der Waals surface area contributed by atoms with Crippen LogP contribution >= 0.6 is 0 Å². The Morgan fingerprint density at radius 3 is 2.50 bits per heavy atom. The molecule has 24 heavy (non-hydrogen) atoms. The topological polar surface area (TPSA) is 75.1 Å². The molecule has 1 heterocycles. The fraction of sp³-hybridized carbons (Fsp3) is 0.737. The third kappa shape index (κ3) is 2.63. The maximum atomic E-state index is 12.9. The number of nitrogens with one attached hydrogen (secondary N) is 1. The number of amides is 1. The van der Waals surface area contributed by atoms with Crippen molar-refractivity contribution >= 4 is 5.91 Å². The van der Waals surface area contributed by atoms with Gasteiger partial charge < -0.3 is 10.4 Å². The lowest BCUT2D eigenvalue weighted by Gasteiger charge is -2.58. The predicted molar refractivity (Wildman–Crippen MR) is 90.5 cm³/mol. The van der Waals surface area contributed by atoms with Crippen LogP contribution in [0.3, 0.4) is 0 Å². The largest absolute Gasteiger partial charge is 0.390 e. The summed E-state index contributed by atoms with van der Waals surface area (Å²) in [6.07, 6.45) is 8.05. The van der Waals surface area contributed by atoms with Gasteiger partial charge in [-0.1, -0.05) is 20.8 Å². The van der Waals surface area contributed by atoms with Gasteiger partial charge in [0.15, 0.2) is 0 Å². The van der Waals surface area contributed by atoms with Crippen LogP contribution in [0.4, 0.5) is 0 Å². The molecular formula is C19H27N3O2. The van der Waals surface area contributed by atoms with Crippen LogP contribution in [0.15, 0.2) is 12.5 Å². The summed E-state index contributed by atoms with van der Waals surface area (Å²) < 4.78 is 0. The summed E-state index contributed by atoms with van der Waals surface area (Å²) in [5, 5.41) is 14.0. The van der Waals surface area contributed by atoms with E-state index in [0.717, 1.165) is 37.8 Å². The van der Waals surface area contributed by atoms with E-state index < -0.39 is 5.60 Å². The zero-order chi connectivity index (χ0) is 17.1. The number of nitrogens with zero attached hydrogens (tertiary/aromatic N) is 2. The van der Waals surface area contributed by atoms with Gasteiger partial charge in [0.1, 0.15) is 6.33 Å². The highest BCUT2D eigenvalue weighted by Crippen LogP contribution is 2.55. The second-order valence-corrected chi connectivity index (χ2v) is 9.23. The standard InChI is InChI=1S/C19H27N3O2/c1-18(2,3)16-14(9-20-10-21-16)17(23)22-15-12-4-11-5-13(15)8-19(24,6-11)7-12/h9-13,15,24H,4-8H2,1-3H3,(H,22,23). The van der Waals surface area contributed by atoms with Crippen molar-refractivity contribution in [2.75, 3.05) is 0 Å². The Balaban J connectivity index is 1.56. The molecule has 4 aliphatic rings. The molecule has 2 N–H and O–H groups in total. The summed E-state index contributed by atoms with van der Waals surface area (Å²) in [5.74, 6) is 1.40. The minimum absolute atomic E-state index is 0.0648. The van der Waals surface area contributed by atoms with E-state index >= 15 is 0 Å². The Kier molecular flexibility index (Phi) is 3.50. The van der Waals surface area contributed by atoms with Gasteiger partial charge in [0.25, 0.3) is 5.91 Å². The summed E-state index contributed by atoms with van der Waals surface area (Å²) in [6, 6.07) is 0.183. The zero-order valence-electron chi connectivity index (χ0n) is 14.7. The molecule has 1 amide bonds. The number of rotatable bonds is 2. The lowest BCUT2D eigenvalue weighted by Crippen LogP contribution is -2.61. The van der Waals surface area contributed by atoms with Gasteiger partial charge in [-0.05, 0) is 49.9 Å². The van der Waals surface area contributed by atoms with Crippen LogP contribution in [0.2, 0.25) is 0 Å². The number of carbonyl (C=O) groups excluding carboxylic acids is 1. The van der Waals surface area contributed by atoms with E-state index in [1.165, 1.54) is 6.33 Å². The first-order valence-corrected chi connectivity index (χ1v) is 9.09. The monoisotopic (exact) mass is 329 g/mol. The Labute approximate surface area is 143 Å². The van der Waals surface area contributed by atoms with Crippen molar-refractivity contribution in [2.45, 2.75) is 69.9 Å². The third-order valence-corrected chi connectivity index (χ3v) is 6.21. The van der Waals surface area contributed by atoms with Gasteiger partial charge in [-0.3, -0.25) is 4.79 Å². The number of carbonyl (C=O) groups is 1. The Morgan fingerprint density at radius 1 is 1.25 bits per heavy atom. The second-order valence-electron chi connectivity index (χ2n) is 9.23. The molecule has 4 bridgehead atoms. The first-order valence-electron chi connectivity index (χ1n) is 9.09. The van der Waals surface area contributed by atoms with Crippen molar-refractivity contribution in [3.8, 4) is 0 Å². The molecule has 130 valence electrons. The van der Waals surface area contributed by atoms with Crippen LogP contribution in [0.25, 0.3) is 0 Å². The summed E-state index contributed by atoms with van der Waals surface area (Å²) >= 11 is 0. The van der Waals surface area contributed by atoms with E-state index in [1.807, 2.05) is 0 Å². The highest BCUT2D eigenvalue weighted by Gasteiger charge is 2.55. The number of hydrogen-bond acceptors (Lipinski definition) is 4. The van der Waals surface area contributed by atoms with Gasteiger partial charge in [0, 0.05) is 17.7 Å². The zero-order valence-corrected chi connectivity index (χ0v) is 14.7. The molecule has 5 nitrogen and oxygen atoms in total. The van der Waals surface area contributed by atoms with E-state index in [0.29, 0.717) is 23.3 Å². The SMILES string of the molecule is CC(C)(C)c1ncncc1C(=O)NC1C2CC3CC1CC(O)(C3)C2. The van der Waals surface area contributed by atoms with E-state index in [4.69, 9.17) is 0 Å². The van der Waals surface area contributed by atoms with Gasteiger partial charge in [0.2, 0.25) is 0 Å². The third-order valence-electron chi connectivity index (χ3n) is 6.21. The Hall–Kier alpha value is -1.49. The molecule has 5 heteroatoms. The van der Waals surface area contributed by atoms with Crippen LogP contribution in [-0.2, 0) is 5.41 Å². The molecule has 0 radical (unpaired) electrons. The summed E-state index contributed by atoms with van der Waals surface area (Å²) in [4.78, 5) is 21.3. The van der Waals surface area contributed by atoms with Crippen molar-refractivity contribution in [3.63, 3.8) is 0 Å². The van der Waals surface area contributed by atoms with Crippen molar-refractivity contribution in [3.05, 3.63) is 23.8 Å². The molecule has 0 saturated heterocycles. The maximum absolute atomic E-state index is 12.9. The van der Waals surface area contributed by atoms with Crippen molar-refractivity contribution < 1.29 is 9.90 Å². The first kappa shape index (κ1) is 16.0. The summed E-state index contributed by atoms with van der Waals surface area (Å²) in [6.45, 7) is 6.18. The molecule has 4 fully saturated rings. The van der Waals surface area contributed by atoms with Gasteiger partial charge in [-0.15, -0.1) is 0 Å². The molecule has 0 aromatic carbocycles. The van der Waals surface area contributed by atoms with Crippen LogP contribution in [0.5, 0.6) is 0 Å². The number of aromatic nitrogens is 2. The van der Waals surface area contributed by atoms with Crippen molar-refractivity contribution in [2.24, 2.45) is 17.8 Å². The predicted octanol–water partition coefficient (Wildman–Crippen LogP) is 2.44. The minimum Gasteiger partial charge on any atom is -0.390 e. The van der Waals surface area contributed by atoms with Gasteiger partial charge in [0.05, 0.1) is 16.9 Å². The average molecular weight is 329 g/mol. The lowest BCUT2D eigenvalue weighted by atomic mass is 9.52. The van der Waals surface area contributed by atoms with Crippen LogP contribution in [0, 0.1) is 17.8 Å². The van der Waals surface area contributed by atoms with Crippen LogP contribution < -0.4 is 5.32 Å². The van der Waals surface area contributed by atoms with E-state index in [9.17, 15) is 9.90 Å². The summed E-state index contributed by atoms with van der Waals surface area (Å²) in [7, 11) is 0. The highest BCUT2D eigenvalue weighted by atomic mass is 16.3. The number of hydrogen-bond donors (Lipinski definition) is 2. The Morgan fingerprint density at radius 2 is 1.92 bits per heavy atom. The molecular weight excluding hydrogens is 302 g/mol. The fourth-order valence-electron chi connectivity index (χ4n) is 5.54. The molecule has 1 aromatic rings. The minimum atomic E-state index is -0.468. The van der Waals surface area contributed by atoms with Gasteiger partial charge >= 0.3 is 0 Å². The molecule has 2 atom stereocenters. The van der Waals surface area contributed by atoms with Gasteiger partial charge in [-0.25, -0.2) is 9.97 Å². The normalized spacial score (nSPS) is 37.5. The first-order chi connectivity index (χ1) is 11.3. The second kappa shape index (κ2) is 5.25. The molecule has 0 aliphatic heterocycles. The highest BCUT2D eigenvalue weighted by molar-refractivity contribution is 5.95. The lowest BCUT2D eigenvalue weighted by molar-refractivity contribution is -0.136. The quantitative estimate of drug-likeness (QED) is 0.874. The molecule has 0 spiro atoms. The fourth-order valence-corrected chi connectivity index (χ4v) is 5.54. The number of aliphatic hydroxyl groups is 1. The molecule has 1 aromatic heterocycles. The van der Waals surface area contributed by atoms with Crippen LogP contribution in [-0.4, -0.2) is 32.6 Å².